The molecule has 0 heterocycles. The number of carbonyl (C=O) groups excluding carboxylic acids is 2. The number of carbonyl (C=O) groups is 2. The smallest absolute Gasteiger partial charge is 0.462 e. The van der Waals surface area contributed by atoms with Crippen molar-refractivity contribution in [1.29, 1.82) is 0 Å². The highest BCUT2D eigenvalue weighted by atomic mass is 31.2. The predicted molar refractivity (Wildman–Crippen MR) is 241 cm³/mol. The number of ether oxygens (including phenoxy) is 2. The quantitative estimate of drug-likeness (QED) is 0.0131. The van der Waals surface area contributed by atoms with E-state index in [0.29, 0.717) is 12.8 Å². The fourth-order valence-electron chi connectivity index (χ4n) is 7.29. The van der Waals surface area contributed by atoms with Crippen LogP contribution in [0, 0.1) is 0 Å². The van der Waals surface area contributed by atoms with Gasteiger partial charge >= 0.3 is 27.6 Å². The molecule has 16 nitrogen and oxygen atoms in total. The predicted octanol–water partition coefficient (Wildman–Crippen LogP) is 8.95. The first-order valence-corrected chi connectivity index (χ1v) is 26.9. The maximum absolute atomic E-state index is 13.0. The first-order chi connectivity index (χ1) is 30.1. The van der Waals surface area contributed by atoms with Crippen molar-refractivity contribution in [1.82, 2.24) is 0 Å². The third kappa shape index (κ3) is 31.2. The Kier molecular flexibility index (Phi) is 34.5. The van der Waals surface area contributed by atoms with Gasteiger partial charge in [-0.25, -0.2) is 9.13 Å². The lowest BCUT2D eigenvalue weighted by Crippen LogP contribution is -2.64. The Bertz CT molecular complexity index is 1330. The van der Waals surface area contributed by atoms with E-state index in [9.17, 15) is 44.0 Å². The van der Waals surface area contributed by atoms with Gasteiger partial charge < -0.3 is 44.6 Å². The van der Waals surface area contributed by atoms with Crippen LogP contribution in [-0.4, -0.2) is 103 Å². The molecule has 0 aliphatic heterocycles. The third-order valence-corrected chi connectivity index (χ3v) is 12.5. The average molecular weight is 943 g/mol. The van der Waals surface area contributed by atoms with Crippen molar-refractivity contribution in [2.45, 2.75) is 236 Å². The van der Waals surface area contributed by atoms with Crippen molar-refractivity contribution >= 4 is 27.6 Å². The number of phosphoric ester groups is 2. The van der Waals surface area contributed by atoms with Crippen LogP contribution in [0.15, 0.2) is 24.3 Å². The zero-order valence-electron chi connectivity index (χ0n) is 38.3. The second-order valence-electron chi connectivity index (χ2n) is 16.8. The van der Waals surface area contributed by atoms with Gasteiger partial charge in [-0.15, -0.1) is 0 Å². The molecule has 0 bridgehead atoms. The highest BCUT2D eigenvalue weighted by molar-refractivity contribution is 7.47. The molecule has 1 fully saturated rings. The molecule has 1 saturated carbocycles. The van der Waals surface area contributed by atoms with E-state index in [1.807, 2.05) is 0 Å². The number of aliphatic hydroxyl groups excluding tert-OH is 4. The van der Waals surface area contributed by atoms with Crippen LogP contribution >= 0.6 is 15.6 Å². The van der Waals surface area contributed by atoms with Crippen LogP contribution in [0.2, 0.25) is 0 Å². The molecule has 7 N–H and O–H groups in total. The Labute approximate surface area is 377 Å². The lowest BCUT2D eigenvalue weighted by Gasteiger charge is -2.43. The minimum Gasteiger partial charge on any atom is -0.462 e. The molecule has 5 unspecified atom stereocenters. The number of unbranched alkanes of at least 4 members (excludes halogenated alkanes) is 22. The minimum atomic E-state index is -5.36. The molecule has 0 amide bonds. The second-order valence-corrected chi connectivity index (χ2v) is 19.4. The molecule has 63 heavy (non-hydrogen) atoms. The molecular formula is C45H84O16P2. The summed E-state index contributed by atoms with van der Waals surface area (Å²) < 4.78 is 49.4. The molecule has 0 radical (unpaired) electrons. The third-order valence-electron chi connectivity index (χ3n) is 11.0. The normalized spacial score (nSPS) is 22.1. The van der Waals surface area contributed by atoms with E-state index < -0.39 is 83.5 Å². The van der Waals surface area contributed by atoms with Gasteiger partial charge in [-0.3, -0.25) is 23.2 Å². The van der Waals surface area contributed by atoms with Gasteiger partial charge in [0.2, 0.25) is 0 Å². The van der Waals surface area contributed by atoms with E-state index in [1.54, 1.807) is 0 Å². The Hall–Kier alpha value is -1.52. The number of hydrogen-bond acceptors (Lipinski definition) is 13. The highest BCUT2D eigenvalue weighted by Crippen LogP contribution is 2.49. The number of hydrogen-bond donors (Lipinski definition) is 7. The maximum Gasteiger partial charge on any atom is 0.472 e. The number of rotatable bonds is 40. The van der Waals surface area contributed by atoms with Crippen molar-refractivity contribution in [2.24, 2.45) is 0 Å². The Morgan fingerprint density at radius 2 is 0.921 bits per heavy atom. The van der Waals surface area contributed by atoms with Crippen molar-refractivity contribution in [2.75, 3.05) is 13.2 Å². The van der Waals surface area contributed by atoms with E-state index >= 15 is 0 Å². The Balaban J connectivity index is 2.59. The maximum atomic E-state index is 13.0. The zero-order valence-corrected chi connectivity index (χ0v) is 40.1. The molecule has 370 valence electrons. The summed E-state index contributed by atoms with van der Waals surface area (Å²) in [5.74, 6) is -1.21. The molecule has 0 saturated heterocycles. The minimum absolute atomic E-state index is 0.0307. The van der Waals surface area contributed by atoms with Gasteiger partial charge in [-0.2, -0.15) is 0 Å². The van der Waals surface area contributed by atoms with Crippen molar-refractivity contribution in [3.05, 3.63) is 24.3 Å². The summed E-state index contributed by atoms with van der Waals surface area (Å²) >= 11 is 0. The van der Waals surface area contributed by atoms with Gasteiger partial charge in [-0.05, 0) is 44.9 Å². The van der Waals surface area contributed by atoms with Crippen LogP contribution in [0.3, 0.4) is 0 Å². The van der Waals surface area contributed by atoms with Crippen molar-refractivity contribution < 1.29 is 76.9 Å². The number of phosphoric acid groups is 2. The molecule has 0 aromatic carbocycles. The lowest BCUT2D eigenvalue weighted by molar-refractivity contribution is -0.216. The van der Waals surface area contributed by atoms with Gasteiger partial charge in [0.1, 0.15) is 43.2 Å². The van der Waals surface area contributed by atoms with E-state index in [-0.39, 0.29) is 12.8 Å². The van der Waals surface area contributed by atoms with Crippen LogP contribution in [0.4, 0.5) is 0 Å². The summed E-state index contributed by atoms with van der Waals surface area (Å²) in [5, 5.41) is 41.2. The number of aliphatic hydroxyl groups is 4. The summed E-state index contributed by atoms with van der Waals surface area (Å²) in [4.78, 5) is 54.2. The van der Waals surface area contributed by atoms with Crippen molar-refractivity contribution in [3.63, 3.8) is 0 Å². The van der Waals surface area contributed by atoms with Crippen LogP contribution in [0.5, 0.6) is 0 Å². The zero-order chi connectivity index (χ0) is 46.8. The molecule has 0 aromatic rings. The molecular weight excluding hydrogens is 858 g/mol. The van der Waals surface area contributed by atoms with Crippen LogP contribution in [0.1, 0.15) is 194 Å². The molecule has 1 aliphatic rings. The first kappa shape index (κ1) is 59.5. The van der Waals surface area contributed by atoms with E-state index in [2.05, 4.69) is 42.7 Å². The summed E-state index contributed by atoms with van der Waals surface area (Å²) in [6, 6.07) is 0. The standard InChI is InChI=1S/C45H84O16P2/c1-3-5-7-9-11-13-15-17-19-21-23-25-27-29-31-33-38(46)57-35-37(59-39(47)34-32-30-28-26-24-22-20-18-16-14-12-10-8-6-4-2)36-58-63(55,56)61-45-42(50)40(48)41(49)44(43(45)51)60-62(52,53)54/h12,14,18,20,37,40-45,48-51H,3-11,13,15-17,19,21-36H2,1-2H3,(H,55,56)(H2,52,53,54)/b14-12-,20-18-/t37-,40?,41?,42?,43?,44-,45+/m1/s1. The van der Waals surface area contributed by atoms with Crippen LogP contribution in [-0.2, 0) is 41.8 Å². The summed E-state index contributed by atoms with van der Waals surface area (Å²) in [6.45, 7) is 3.08. The van der Waals surface area contributed by atoms with Crippen molar-refractivity contribution in [3.8, 4) is 0 Å². The molecule has 18 heteroatoms. The molecule has 0 spiro atoms. The molecule has 0 aromatic heterocycles. The van der Waals surface area contributed by atoms with Gasteiger partial charge in [0.15, 0.2) is 6.10 Å². The Morgan fingerprint density at radius 3 is 1.41 bits per heavy atom. The van der Waals surface area contributed by atoms with E-state index in [4.69, 9.17) is 28.3 Å². The van der Waals surface area contributed by atoms with Gasteiger partial charge in [-0.1, -0.05) is 160 Å². The highest BCUT2D eigenvalue weighted by Gasteiger charge is 2.54. The van der Waals surface area contributed by atoms with E-state index in [1.165, 1.54) is 83.5 Å². The summed E-state index contributed by atoms with van der Waals surface area (Å²) in [7, 11) is -10.7. The summed E-state index contributed by atoms with van der Waals surface area (Å²) in [6.07, 6.45) is 22.8. The lowest BCUT2D eigenvalue weighted by atomic mass is 9.85. The van der Waals surface area contributed by atoms with Crippen LogP contribution < -0.4 is 0 Å². The SMILES string of the molecule is CCCCC/C=C\C/C=C\CCCCCCCC(=O)O[C@H](COC(=O)CCCCCCCCCCCCCCCCC)COP(=O)(O)O[C@H]1C(O)C(O)C(O)[C@@H](OP(=O)(O)O)C1O. The Morgan fingerprint density at radius 1 is 0.508 bits per heavy atom. The fourth-order valence-corrected chi connectivity index (χ4v) is 8.83. The molecule has 1 rings (SSSR count). The van der Waals surface area contributed by atoms with Crippen LogP contribution in [0.25, 0.3) is 0 Å². The first-order valence-electron chi connectivity index (χ1n) is 23.9. The molecule has 1 aliphatic carbocycles. The van der Waals surface area contributed by atoms with Gasteiger partial charge in [0, 0.05) is 12.8 Å². The monoisotopic (exact) mass is 943 g/mol. The van der Waals surface area contributed by atoms with E-state index in [0.717, 1.165) is 70.6 Å². The molecule has 8 atom stereocenters. The summed E-state index contributed by atoms with van der Waals surface area (Å²) in [5.41, 5.74) is 0. The largest absolute Gasteiger partial charge is 0.472 e. The number of esters is 2. The average Bonchev–Trinajstić information content (AvgIpc) is 3.23. The topological polar surface area (TPSA) is 256 Å². The number of allylic oxidation sites excluding steroid dienone is 4. The second kappa shape index (κ2) is 36.6. The van der Waals surface area contributed by atoms with Gasteiger partial charge in [0.25, 0.3) is 0 Å². The fraction of sp³-hybridized carbons (Fsp3) is 0.867. The van der Waals surface area contributed by atoms with Gasteiger partial charge in [0.05, 0.1) is 6.61 Å².